The van der Waals surface area contributed by atoms with Gasteiger partial charge in [-0.2, -0.15) is 4.98 Å². The number of para-hydroxylation sites is 2. The predicted octanol–water partition coefficient (Wildman–Crippen LogP) is 3.01. The van der Waals surface area contributed by atoms with Crippen LogP contribution in [0.3, 0.4) is 0 Å². The van der Waals surface area contributed by atoms with Crippen LogP contribution in [0.5, 0.6) is 0 Å². The number of benzene rings is 2. The maximum atomic E-state index is 13.4. The summed E-state index contributed by atoms with van der Waals surface area (Å²) in [5.41, 5.74) is 2.96. The van der Waals surface area contributed by atoms with Gasteiger partial charge in [-0.05, 0) is 36.4 Å². The third-order valence-electron chi connectivity index (χ3n) is 5.30. The van der Waals surface area contributed by atoms with Crippen molar-refractivity contribution in [3.63, 3.8) is 0 Å². The lowest BCUT2D eigenvalue weighted by Gasteiger charge is -2.15. The minimum Gasteiger partial charge on any atom is -0.423 e. The molecule has 0 bridgehead atoms. The minimum atomic E-state index is -0.765. The largest absolute Gasteiger partial charge is 0.423 e. The van der Waals surface area contributed by atoms with E-state index in [9.17, 15) is 14.3 Å². The van der Waals surface area contributed by atoms with E-state index in [1.165, 1.54) is 18.3 Å². The van der Waals surface area contributed by atoms with Crippen LogP contribution in [0.4, 0.5) is 10.4 Å². The Bertz CT molecular complexity index is 1210. The molecule has 8 heteroatoms. The number of carbonyl (C=O) groups is 1. The summed E-state index contributed by atoms with van der Waals surface area (Å²) in [7, 11) is 0. The molecule has 1 saturated heterocycles. The zero-order valence-electron chi connectivity index (χ0n) is 16.4. The van der Waals surface area contributed by atoms with Gasteiger partial charge in [-0.1, -0.05) is 24.3 Å². The highest BCUT2D eigenvalue weighted by atomic mass is 19.1. The fraction of sp³-hybridized carbons (Fsp3) is 0.174. The molecule has 1 aliphatic heterocycles. The Labute approximate surface area is 177 Å². The van der Waals surface area contributed by atoms with Crippen LogP contribution < -0.4 is 10.2 Å². The van der Waals surface area contributed by atoms with Crippen LogP contribution >= 0.6 is 0 Å². The third kappa shape index (κ3) is 3.85. The second kappa shape index (κ2) is 7.81. The number of anilines is 1. The summed E-state index contributed by atoms with van der Waals surface area (Å²) in [6.07, 6.45) is 0.675. The van der Waals surface area contributed by atoms with Gasteiger partial charge in [0.2, 0.25) is 0 Å². The molecule has 2 aromatic carbocycles. The molecule has 5 rings (SSSR count). The van der Waals surface area contributed by atoms with E-state index in [-0.39, 0.29) is 11.7 Å². The van der Waals surface area contributed by atoms with E-state index in [2.05, 4.69) is 15.3 Å². The first-order chi connectivity index (χ1) is 15.1. The lowest BCUT2D eigenvalue weighted by Crippen LogP contribution is -2.42. The number of rotatable bonds is 4. The fourth-order valence-electron chi connectivity index (χ4n) is 3.68. The number of oxazole rings is 1. The molecule has 3 heterocycles. The molecule has 0 radical (unpaired) electrons. The Morgan fingerprint density at radius 1 is 1.13 bits per heavy atom. The number of nitrogens with zero attached hydrogens (tertiary/aromatic N) is 3. The number of hydrogen-bond acceptors (Lipinski definition) is 6. The van der Waals surface area contributed by atoms with Crippen molar-refractivity contribution in [2.24, 2.45) is 0 Å². The van der Waals surface area contributed by atoms with Crippen molar-refractivity contribution in [2.75, 3.05) is 18.0 Å². The number of aromatic nitrogens is 2. The number of fused-ring (bicyclic) bond motifs is 1. The van der Waals surface area contributed by atoms with Gasteiger partial charge < -0.3 is 19.7 Å². The van der Waals surface area contributed by atoms with Gasteiger partial charge in [0.25, 0.3) is 11.9 Å². The molecule has 2 unspecified atom stereocenters. The first-order valence-corrected chi connectivity index (χ1v) is 9.88. The number of carbonyl (C=O) groups excluding carboxylic acids is 1. The number of halogens is 1. The second-order valence-corrected chi connectivity index (χ2v) is 7.46. The zero-order chi connectivity index (χ0) is 21.4. The van der Waals surface area contributed by atoms with E-state index in [0.29, 0.717) is 41.5 Å². The molecule has 156 valence electrons. The van der Waals surface area contributed by atoms with Crippen LogP contribution in [0.1, 0.15) is 10.4 Å². The summed E-state index contributed by atoms with van der Waals surface area (Å²) in [4.78, 5) is 23.2. The van der Waals surface area contributed by atoms with E-state index in [1.807, 2.05) is 24.3 Å². The topological polar surface area (TPSA) is 91.5 Å². The summed E-state index contributed by atoms with van der Waals surface area (Å²) in [5, 5.41) is 13.3. The second-order valence-electron chi connectivity index (χ2n) is 7.46. The Morgan fingerprint density at radius 2 is 2.00 bits per heavy atom. The summed E-state index contributed by atoms with van der Waals surface area (Å²) >= 11 is 0. The van der Waals surface area contributed by atoms with Crippen LogP contribution in [0, 0.1) is 5.82 Å². The fourth-order valence-corrected chi connectivity index (χ4v) is 3.68. The molecule has 31 heavy (non-hydrogen) atoms. The van der Waals surface area contributed by atoms with Crippen molar-refractivity contribution in [1.82, 2.24) is 15.3 Å². The molecule has 1 aliphatic rings. The molecule has 4 aromatic rings. The average molecular weight is 418 g/mol. The van der Waals surface area contributed by atoms with Crippen molar-refractivity contribution in [3.05, 3.63) is 78.2 Å². The first-order valence-electron chi connectivity index (χ1n) is 9.88. The van der Waals surface area contributed by atoms with Crippen LogP contribution in [0.2, 0.25) is 0 Å². The van der Waals surface area contributed by atoms with Gasteiger partial charge in [0.15, 0.2) is 5.58 Å². The van der Waals surface area contributed by atoms with Gasteiger partial charge in [0.1, 0.15) is 11.3 Å². The van der Waals surface area contributed by atoms with E-state index in [1.54, 1.807) is 29.2 Å². The highest BCUT2D eigenvalue weighted by Gasteiger charge is 2.35. The summed E-state index contributed by atoms with van der Waals surface area (Å²) in [6.45, 7) is 0.670. The standard InChI is InChI=1S/C23H19FN4O3/c24-16-5-3-4-14(10-16)17-9-8-15(11-25-17)22(30)26-19-12-28(13-20(19)29)23-27-18-6-1-2-7-21(18)31-23/h1-11,19-20,29H,12-13H2,(H,26,30). The first kappa shape index (κ1) is 19.2. The van der Waals surface area contributed by atoms with E-state index in [0.717, 1.165) is 5.52 Å². The number of hydrogen-bond donors (Lipinski definition) is 2. The number of β-amino-alcohol motifs (C(OH)–C–C–N with tert-alkyl or cyclic N) is 1. The highest BCUT2D eigenvalue weighted by molar-refractivity contribution is 5.94. The molecule has 2 aromatic heterocycles. The lowest BCUT2D eigenvalue weighted by molar-refractivity contribution is 0.0888. The molecule has 7 nitrogen and oxygen atoms in total. The maximum absolute atomic E-state index is 13.4. The highest BCUT2D eigenvalue weighted by Crippen LogP contribution is 2.25. The molecule has 0 spiro atoms. The number of aliphatic hydroxyl groups excluding tert-OH is 1. The molecule has 1 fully saturated rings. The predicted molar refractivity (Wildman–Crippen MR) is 113 cm³/mol. The van der Waals surface area contributed by atoms with Gasteiger partial charge in [-0.15, -0.1) is 0 Å². The van der Waals surface area contributed by atoms with Crippen molar-refractivity contribution in [3.8, 4) is 11.3 Å². The Morgan fingerprint density at radius 3 is 2.77 bits per heavy atom. The van der Waals surface area contributed by atoms with Crippen LogP contribution in [0.25, 0.3) is 22.4 Å². The summed E-state index contributed by atoms with van der Waals surface area (Å²) in [5.74, 6) is -0.693. The number of nitrogens with one attached hydrogen (secondary N) is 1. The maximum Gasteiger partial charge on any atom is 0.298 e. The van der Waals surface area contributed by atoms with Gasteiger partial charge in [0.05, 0.1) is 29.9 Å². The Hall–Kier alpha value is -3.78. The molecule has 0 aliphatic carbocycles. The third-order valence-corrected chi connectivity index (χ3v) is 5.30. The molecular weight excluding hydrogens is 399 g/mol. The Kier molecular flexibility index (Phi) is 4.83. The normalized spacial score (nSPS) is 18.5. The monoisotopic (exact) mass is 418 g/mol. The van der Waals surface area contributed by atoms with Crippen molar-refractivity contribution in [2.45, 2.75) is 12.1 Å². The van der Waals surface area contributed by atoms with Crippen LogP contribution in [0.15, 0.2) is 71.3 Å². The quantitative estimate of drug-likeness (QED) is 0.529. The van der Waals surface area contributed by atoms with Gasteiger partial charge >= 0.3 is 0 Å². The SMILES string of the molecule is O=C(NC1CN(c2nc3ccccc3o2)CC1O)c1ccc(-c2cccc(F)c2)nc1. The minimum absolute atomic E-state index is 0.300. The summed E-state index contributed by atoms with van der Waals surface area (Å²) < 4.78 is 19.2. The molecule has 1 amide bonds. The molecular formula is C23H19FN4O3. The lowest BCUT2D eigenvalue weighted by atomic mass is 10.1. The summed E-state index contributed by atoms with van der Waals surface area (Å²) in [6, 6.07) is 16.8. The van der Waals surface area contributed by atoms with Crippen molar-refractivity contribution in [1.29, 1.82) is 0 Å². The number of aliphatic hydroxyl groups is 1. The van der Waals surface area contributed by atoms with Crippen LogP contribution in [-0.4, -0.2) is 46.2 Å². The van der Waals surface area contributed by atoms with E-state index >= 15 is 0 Å². The molecule has 2 atom stereocenters. The van der Waals surface area contributed by atoms with Gasteiger partial charge in [0, 0.05) is 18.3 Å². The average Bonchev–Trinajstić information content (AvgIpc) is 3.37. The smallest absolute Gasteiger partial charge is 0.298 e. The van der Waals surface area contributed by atoms with E-state index in [4.69, 9.17) is 4.42 Å². The number of amides is 1. The van der Waals surface area contributed by atoms with E-state index < -0.39 is 12.1 Å². The zero-order valence-corrected chi connectivity index (χ0v) is 16.4. The van der Waals surface area contributed by atoms with Gasteiger partial charge in [-0.25, -0.2) is 4.39 Å². The van der Waals surface area contributed by atoms with Crippen molar-refractivity contribution >= 4 is 23.0 Å². The van der Waals surface area contributed by atoms with Crippen molar-refractivity contribution < 1.29 is 18.7 Å². The molecule has 2 N–H and O–H groups in total. The van der Waals surface area contributed by atoms with Crippen LogP contribution in [-0.2, 0) is 0 Å². The number of pyridine rings is 1. The Balaban J connectivity index is 1.26. The molecule has 0 saturated carbocycles. The van der Waals surface area contributed by atoms with Gasteiger partial charge in [-0.3, -0.25) is 9.78 Å².